The number of amides is 1. The van der Waals surface area contributed by atoms with Gasteiger partial charge >= 0.3 is 0 Å². The monoisotopic (exact) mass is 366 g/mol. The molecule has 2 aromatic carbocycles. The second kappa shape index (κ2) is 7.88. The molecule has 1 amide bonds. The Morgan fingerprint density at radius 2 is 1.85 bits per heavy atom. The number of nitrogens with zero attached hydrogens (tertiary/aromatic N) is 3. The van der Waals surface area contributed by atoms with Gasteiger partial charge in [-0.15, -0.1) is 5.10 Å². The molecule has 7 heteroatoms. The van der Waals surface area contributed by atoms with Crippen molar-refractivity contribution in [2.24, 2.45) is 10.2 Å². The van der Waals surface area contributed by atoms with Crippen molar-refractivity contribution in [2.75, 3.05) is 19.0 Å². The Morgan fingerprint density at radius 3 is 2.54 bits per heavy atom. The van der Waals surface area contributed by atoms with E-state index < -0.39 is 0 Å². The lowest BCUT2D eigenvalue weighted by Gasteiger charge is -2.11. The van der Waals surface area contributed by atoms with E-state index in [4.69, 9.17) is 0 Å². The fourth-order valence-corrected chi connectivity index (χ4v) is 3.01. The summed E-state index contributed by atoms with van der Waals surface area (Å²) >= 11 is 1.23. The van der Waals surface area contributed by atoms with E-state index in [-0.39, 0.29) is 11.7 Å². The molecule has 0 radical (unpaired) electrons. The van der Waals surface area contributed by atoms with Gasteiger partial charge in [-0.25, -0.2) is 0 Å². The smallest absolute Gasteiger partial charge is 0.264 e. The molecule has 132 valence electrons. The van der Waals surface area contributed by atoms with Gasteiger partial charge in [0, 0.05) is 25.3 Å². The maximum atomic E-state index is 12.1. The third-order valence-corrected chi connectivity index (χ3v) is 4.54. The molecule has 1 fully saturated rings. The maximum Gasteiger partial charge on any atom is 0.264 e. The number of carbonyl (C=O) groups is 1. The number of hydrogen-bond acceptors (Lipinski definition) is 6. The second-order valence-electron chi connectivity index (χ2n) is 5.76. The van der Waals surface area contributed by atoms with Crippen molar-refractivity contribution in [3.63, 3.8) is 0 Å². The number of para-hydroxylation sites is 1. The van der Waals surface area contributed by atoms with Crippen LogP contribution < -0.4 is 10.2 Å². The summed E-state index contributed by atoms with van der Waals surface area (Å²) in [7, 11) is 3.96. The number of carbonyl (C=O) groups excluding carboxylic acids is 1. The number of rotatable bonds is 4. The van der Waals surface area contributed by atoms with Gasteiger partial charge < -0.3 is 10.0 Å². The van der Waals surface area contributed by atoms with E-state index in [1.165, 1.54) is 18.0 Å². The molecular weight excluding hydrogens is 348 g/mol. The molecule has 1 heterocycles. The predicted octanol–water partition coefficient (Wildman–Crippen LogP) is 3.05. The number of nitrogens with one attached hydrogen (secondary N) is 1. The lowest BCUT2D eigenvalue weighted by molar-refractivity contribution is -0.115. The third-order valence-electron chi connectivity index (χ3n) is 3.64. The first kappa shape index (κ1) is 17.8. The van der Waals surface area contributed by atoms with Crippen LogP contribution in [0.5, 0.6) is 5.75 Å². The number of amidine groups is 1. The number of hydrogen-bond donors (Lipinski definition) is 2. The summed E-state index contributed by atoms with van der Waals surface area (Å²) in [6.07, 6.45) is 3.26. The quantitative estimate of drug-likeness (QED) is 0.495. The summed E-state index contributed by atoms with van der Waals surface area (Å²) in [6.45, 7) is 0. The van der Waals surface area contributed by atoms with E-state index >= 15 is 0 Å². The molecule has 0 bridgehead atoms. The van der Waals surface area contributed by atoms with E-state index in [1.54, 1.807) is 24.3 Å². The molecule has 0 atom stereocenters. The SMILES string of the molecule is CN(C)c1ccc(/C=C2\SC(=NN=Cc3ccccc3O)NC2=O)cc1. The minimum Gasteiger partial charge on any atom is -0.507 e. The van der Waals surface area contributed by atoms with E-state index in [9.17, 15) is 9.90 Å². The van der Waals surface area contributed by atoms with Gasteiger partial charge in [0.05, 0.1) is 11.1 Å². The van der Waals surface area contributed by atoms with E-state index in [0.717, 1.165) is 11.3 Å². The fraction of sp³-hybridized carbons (Fsp3) is 0.105. The van der Waals surface area contributed by atoms with Crippen LogP contribution in [-0.2, 0) is 4.79 Å². The molecule has 3 rings (SSSR count). The highest BCUT2D eigenvalue weighted by molar-refractivity contribution is 8.18. The number of anilines is 1. The molecule has 26 heavy (non-hydrogen) atoms. The Kier molecular flexibility index (Phi) is 5.38. The molecular formula is C19H18N4O2S. The van der Waals surface area contributed by atoms with Gasteiger partial charge in [0.25, 0.3) is 5.91 Å². The van der Waals surface area contributed by atoms with Gasteiger partial charge in [0.2, 0.25) is 0 Å². The Hall–Kier alpha value is -3.06. The maximum absolute atomic E-state index is 12.1. The van der Waals surface area contributed by atoms with Crippen molar-refractivity contribution < 1.29 is 9.90 Å². The molecule has 0 saturated carbocycles. The molecule has 2 aromatic rings. The summed E-state index contributed by atoms with van der Waals surface area (Å²) in [5.41, 5.74) is 2.59. The van der Waals surface area contributed by atoms with Crippen LogP contribution in [0.1, 0.15) is 11.1 Å². The van der Waals surface area contributed by atoms with Gasteiger partial charge in [-0.05, 0) is 47.7 Å². The van der Waals surface area contributed by atoms with E-state index in [2.05, 4.69) is 15.5 Å². The van der Waals surface area contributed by atoms with Crippen LogP contribution in [0, 0.1) is 0 Å². The molecule has 2 N–H and O–H groups in total. The Balaban J connectivity index is 1.71. The van der Waals surface area contributed by atoms with Gasteiger partial charge in [-0.3, -0.25) is 10.1 Å². The summed E-state index contributed by atoms with van der Waals surface area (Å²) in [6, 6.07) is 14.7. The minimum absolute atomic E-state index is 0.126. The molecule has 1 aliphatic rings. The molecule has 0 spiro atoms. The number of phenols is 1. The van der Waals surface area contributed by atoms with Gasteiger partial charge in [0.15, 0.2) is 5.17 Å². The Labute approximate surface area is 155 Å². The highest BCUT2D eigenvalue weighted by atomic mass is 32.2. The minimum atomic E-state index is -0.205. The normalized spacial score (nSPS) is 17.2. The van der Waals surface area contributed by atoms with Crippen LogP contribution in [-0.4, -0.2) is 36.5 Å². The zero-order chi connectivity index (χ0) is 18.5. The highest BCUT2D eigenvalue weighted by Crippen LogP contribution is 2.26. The molecule has 0 unspecified atom stereocenters. The number of benzene rings is 2. The van der Waals surface area contributed by atoms with Crippen LogP contribution in [0.2, 0.25) is 0 Å². The van der Waals surface area contributed by atoms with Crippen LogP contribution >= 0.6 is 11.8 Å². The molecule has 0 aliphatic carbocycles. The van der Waals surface area contributed by atoms with Crippen molar-refractivity contribution >= 4 is 40.8 Å². The zero-order valence-corrected chi connectivity index (χ0v) is 15.2. The lowest BCUT2D eigenvalue weighted by atomic mass is 10.2. The van der Waals surface area contributed by atoms with Crippen LogP contribution in [0.25, 0.3) is 6.08 Å². The first-order chi connectivity index (χ1) is 12.5. The van der Waals surface area contributed by atoms with E-state index in [0.29, 0.717) is 15.6 Å². The topological polar surface area (TPSA) is 77.3 Å². The summed E-state index contributed by atoms with van der Waals surface area (Å²) < 4.78 is 0. The van der Waals surface area contributed by atoms with Crippen molar-refractivity contribution in [3.8, 4) is 5.75 Å². The molecule has 6 nitrogen and oxygen atoms in total. The predicted molar refractivity (Wildman–Crippen MR) is 108 cm³/mol. The second-order valence-corrected chi connectivity index (χ2v) is 6.79. The van der Waals surface area contributed by atoms with Crippen LogP contribution in [0.15, 0.2) is 63.6 Å². The third kappa shape index (κ3) is 4.31. The number of phenolic OH excluding ortho intramolecular Hbond substituents is 1. The van der Waals surface area contributed by atoms with Crippen molar-refractivity contribution in [3.05, 3.63) is 64.6 Å². The molecule has 0 aromatic heterocycles. The van der Waals surface area contributed by atoms with Crippen molar-refractivity contribution in [1.29, 1.82) is 0 Å². The Bertz CT molecular complexity index is 902. The summed E-state index contributed by atoms with van der Waals surface area (Å²) in [5.74, 6) is -0.0792. The van der Waals surface area contributed by atoms with Crippen molar-refractivity contribution in [1.82, 2.24) is 5.32 Å². The standard InChI is InChI=1S/C19H18N4O2S/c1-23(2)15-9-7-13(8-10-15)11-17-18(25)21-19(26-17)22-20-12-14-5-3-4-6-16(14)24/h3-12,24H,1-2H3,(H,21,22,25)/b17-11-,20-12?. The largest absolute Gasteiger partial charge is 0.507 e. The summed E-state index contributed by atoms with van der Waals surface area (Å²) in [4.78, 5) is 14.6. The van der Waals surface area contributed by atoms with Crippen LogP contribution in [0.4, 0.5) is 5.69 Å². The van der Waals surface area contributed by atoms with Crippen LogP contribution in [0.3, 0.4) is 0 Å². The highest BCUT2D eigenvalue weighted by Gasteiger charge is 2.23. The van der Waals surface area contributed by atoms with Gasteiger partial charge in [-0.1, -0.05) is 24.3 Å². The first-order valence-corrected chi connectivity index (χ1v) is 8.72. The molecule has 1 aliphatic heterocycles. The lowest BCUT2D eigenvalue weighted by Crippen LogP contribution is -2.19. The van der Waals surface area contributed by atoms with Gasteiger partial charge in [-0.2, -0.15) is 5.10 Å². The average Bonchev–Trinajstić information content (AvgIpc) is 2.96. The molecule has 1 saturated heterocycles. The number of thioether (sulfide) groups is 1. The fourth-order valence-electron chi connectivity index (χ4n) is 2.24. The van der Waals surface area contributed by atoms with Gasteiger partial charge in [0.1, 0.15) is 5.75 Å². The zero-order valence-electron chi connectivity index (χ0n) is 14.4. The average molecular weight is 366 g/mol. The summed E-state index contributed by atoms with van der Waals surface area (Å²) in [5, 5.41) is 20.7. The number of aromatic hydroxyl groups is 1. The van der Waals surface area contributed by atoms with E-state index in [1.807, 2.05) is 49.3 Å². The Morgan fingerprint density at radius 1 is 1.12 bits per heavy atom. The first-order valence-electron chi connectivity index (χ1n) is 7.90. The van der Waals surface area contributed by atoms with Crippen molar-refractivity contribution in [2.45, 2.75) is 0 Å².